The van der Waals surface area contributed by atoms with E-state index in [-0.39, 0.29) is 6.61 Å². The lowest BCUT2D eigenvalue weighted by molar-refractivity contribution is 0.282. The first-order valence-electron chi connectivity index (χ1n) is 9.66. The second-order valence-electron chi connectivity index (χ2n) is 6.74. The largest absolute Gasteiger partial charge is 0.495 e. The van der Waals surface area contributed by atoms with E-state index >= 15 is 0 Å². The highest BCUT2D eigenvalue weighted by Crippen LogP contribution is 2.40. The van der Waals surface area contributed by atoms with Crippen LogP contribution in [0.15, 0.2) is 55.8 Å². The minimum Gasteiger partial charge on any atom is -0.495 e. The molecule has 2 aromatic carbocycles. The van der Waals surface area contributed by atoms with Gasteiger partial charge in [0.05, 0.1) is 20.8 Å². The molecule has 0 spiro atoms. The van der Waals surface area contributed by atoms with Crippen molar-refractivity contribution < 1.29 is 23.4 Å². The number of furan rings is 1. The second-order valence-corrected chi connectivity index (χ2v) is 7.54. The van der Waals surface area contributed by atoms with E-state index in [0.29, 0.717) is 46.8 Å². The highest BCUT2D eigenvalue weighted by Gasteiger charge is 2.17. The van der Waals surface area contributed by atoms with Gasteiger partial charge in [-0.1, -0.05) is 13.0 Å². The molecule has 0 saturated heterocycles. The zero-order valence-electron chi connectivity index (χ0n) is 17.3. The molecular weight excluding hydrogens is 464 g/mol. The third-order valence-electron chi connectivity index (χ3n) is 4.89. The summed E-state index contributed by atoms with van der Waals surface area (Å²) in [6.45, 7) is 1.79. The molecule has 2 heterocycles. The van der Waals surface area contributed by atoms with E-state index in [1.54, 1.807) is 14.2 Å². The van der Waals surface area contributed by atoms with Crippen molar-refractivity contribution in [1.82, 2.24) is 10.2 Å². The molecule has 0 radical (unpaired) electrons. The number of methoxy groups -OCH3 is 2. The van der Waals surface area contributed by atoms with Crippen LogP contribution in [-0.4, -0.2) is 29.5 Å². The topological polar surface area (TPSA) is 90.8 Å². The maximum Gasteiger partial charge on any atom is 0.247 e. The first kappa shape index (κ1) is 21.1. The first-order valence-corrected chi connectivity index (χ1v) is 10.5. The smallest absolute Gasteiger partial charge is 0.247 e. The zero-order chi connectivity index (χ0) is 22.0. The van der Waals surface area contributed by atoms with E-state index in [4.69, 9.17) is 18.3 Å². The average molecular weight is 485 g/mol. The maximum atomic E-state index is 9.95. The highest BCUT2D eigenvalue weighted by atomic mass is 79.9. The van der Waals surface area contributed by atoms with Crippen LogP contribution in [0.5, 0.6) is 11.5 Å². The van der Waals surface area contributed by atoms with Crippen LogP contribution in [0.1, 0.15) is 18.4 Å². The molecule has 31 heavy (non-hydrogen) atoms. The fraction of sp³-hybridized carbons (Fsp3) is 0.217. The van der Waals surface area contributed by atoms with Gasteiger partial charge in [0, 0.05) is 23.1 Å². The summed E-state index contributed by atoms with van der Waals surface area (Å²) in [4.78, 5) is 0. The summed E-state index contributed by atoms with van der Waals surface area (Å²) in [5.74, 6) is 3.55. The summed E-state index contributed by atoms with van der Waals surface area (Å²) >= 11 is 3.48. The lowest BCUT2D eigenvalue weighted by atomic mass is 10.0. The van der Waals surface area contributed by atoms with Gasteiger partial charge in [-0.2, -0.15) is 0 Å². The Balaban J connectivity index is 1.71. The van der Waals surface area contributed by atoms with Crippen LogP contribution in [0.4, 0.5) is 0 Å². The summed E-state index contributed by atoms with van der Waals surface area (Å²) < 4.78 is 23.3. The van der Waals surface area contributed by atoms with Gasteiger partial charge in [-0.25, -0.2) is 0 Å². The van der Waals surface area contributed by atoms with E-state index in [1.807, 2.05) is 49.4 Å². The standard InChI is InChI=1S/C23H21BrN2O5/c1-4-21-25-26-23(31-21)13-5-6-16(15(9-13)12-27)18-8-7-17(30-18)14-10-19(28-2)22(24)20(11-14)29-3/h5-11,27H,4,12H2,1-3H3. The van der Waals surface area contributed by atoms with Crippen LogP contribution in [0.25, 0.3) is 34.1 Å². The van der Waals surface area contributed by atoms with Crippen LogP contribution in [0.2, 0.25) is 0 Å². The van der Waals surface area contributed by atoms with Gasteiger partial charge < -0.3 is 23.4 Å². The van der Waals surface area contributed by atoms with Crippen molar-refractivity contribution in [3.63, 3.8) is 0 Å². The number of rotatable bonds is 7. The number of benzene rings is 2. The average Bonchev–Trinajstić information content (AvgIpc) is 3.49. The second kappa shape index (κ2) is 8.95. The molecule has 4 rings (SSSR count). The predicted octanol–water partition coefficient (Wildman–Crippen LogP) is 5.50. The van der Waals surface area contributed by atoms with Crippen LogP contribution in [-0.2, 0) is 13.0 Å². The van der Waals surface area contributed by atoms with Crippen molar-refractivity contribution in [1.29, 1.82) is 0 Å². The molecule has 0 atom stereocenters. The number of ether oxygens (including phenoxy) is 2. The SMILES string of the molecule is CCc1nnc(-c2ccc(-c3ccc(-c4cc(OC)c(Br)c(OC)c4)o3)c(CO)c2)o1. The maximum absolute atomic E-state index is 9.95. The number of hydrogen-bond donors (Lipinski definition) is 1. The quantitative estimate of drug-likeness (QED) is 0.370. The van der Waals surface area contributed by atoms with E-state index in [0.717, 1.165) is 21.2 Å². The lowest BCUT2D eigenvalue weighted by Gasteiger charge is -2.10. The summed E-state index contributed by atoms with van der Waals surface area (Å²) in [5, 5.41) is 18.0. The van der Waals surface area contributed by atoms with Crippen LogP contribution < -0.4 is 9.47 Å². The number of nitrogens with zero attached hydrogens (tertiary/aromatic N) is 2. The minimum absolute atomic E-state index is 0.159. The van der Waals surface area contributed by atoms with Crippen LogP contribution in [0.3, 0.4) is 0 Å². The number of hydrogen-bond acceptors (Lipinski definition) is 7. The van der Waals surface area contributed by atoms with Gasteiger partial charge in [0.25, 0.3) is 0 Å². The van der Waals surface area contributed by atoms with E-state index in [1.165, 1.54) is 0 Å². The molecule has 4 aromatic rings. The number of aryl methyl sites for hydroxylation is 1. The molecule has 8 heteroatoms. The molecule has 160 valence electrons. The molecule has 0 aliphatic rings. The van der Waals surface area contributed by atoms with Gasteiger partial charge in [-0.05, 0) is 57.9 Å². The lowest BCUT2D eigenvalue weighted by Crippen LogP contribution is -1.91. The monoisotopic (exact) mass is 484 g/mol. The minimum atomic E-state index is -0.159. The molecule has 0 amide bonds. The van der Waals surface area contributed by atoms with Crippen LogP contribution >= 0.6 is 15.9 Å². The fourth-order valence-corrected chi connectivity index (χ4v) is 3.81. The molecule has 0 aliphatic carbocycles. The Bertz CT molecular complexity index is 1190. The fourth-order valence-electron chi connectivity index (χ4n) is 3.26. The number of aliphatic hydroxyl groups excluding tert-OH is 1. The molecule has 0 saturated carbocycles. The Hall–Kier alpha value is -3.10. The van der Waals surface area contributed by atoms with Gasteiger partial charge >= 0.3 is 0 Å². The third-order valence-corrected chi connectivity index (χ3v) is 5.68. The van der Waals surface area contributed by atoms with Gasteiger partial charge in [0.1, 0.15) is 27.5 Å². The Labute approximate surface area is 187 Å². The summed E-state index contributed by atoms with van der Waals surface area (Å²) in [6, 6.07) is 13.1. The normalized spacial score (nSPS) is 11.0. The third kappa shape index (κ3) is 4.08. The molecule has 0 bridgehead atoms. The zero-order valence-corrected chi connectivity index (χ0v) is 18.9. The molecule has 0 fully saturated rings. The van der Waals surface area contributed by atoms with Crippen molar-refractivity contribution >= 4 is 15.9 Å². The molecular formula is C23H21BrN2O5. The number of aromatic nitrogens is 2. The predicted molar refractivity (Wildman–Crippen MR) is 119 cm³/mol. The van der Waals surface area contributed by atoms with Gasteiger partial charge in [-0.15, -0.1) is 10.2 Å². The van der Waals surface area contributed by atoms with Crippen molar-refractivity contribution in [2.24, 2.45) is 0 Å². The van der Waals surface area contributed by atoms with Gasteiger partial charge in [0.2, 0.25) is 11.8 Å². The molecule has 1 N–H and O–H groups in total. The number of halogens is 1. The Morgan fingerprint density at radius 1 is 0.903 bits per heavy atom. The van der Waals surface area contributed by atoms with Crippen molar-refractivity contribution in [3.05, 3.63) is 58.4 Å². The van der Waals surface area contributed by atoms with Gasteiger partial charge in [0.15, 0.2) is 0 Å². The van der Waals surface area contributed by atoms with Crippen molar-refractivity contribution in [2.45, 2.75) is 20.0 Å². The van der Waals surface area contributed by atoms with Gasteiger partial charge in [-0.3, -0.25) is 0 Å². The van der Waals surface area contributed by atoms with Crippen LogP contribution in [0, 0.1) is 0 Å². The van der Waals surface area contributed by atoms with Crippen molar-refractivity contribution in [2.75, 3.05) is 14.2 Å². The highest BCUT2D eigenvalue weighted by molar-refractivity contribution is 9.10. The molecule has 2 aromatic heterocycles. The molecule has 0 aliphatic heterocycles. The summed E-state index contributed by atoms with van der Waals surface area (Å²) in [6.07, 6.45) is 0.665. The Kier molecular flexibility index (Phi) is 6.11. The Morgan fingerprint density at radius 3 is 2.23 bits per heavy atom. The van der Waals surface area contributed by atoms with E-state index in [9.17, 15) is 5.11 Å². The summed E-state index contributed by atoms with van der Waals surface area (Å²) in [7, 11) is 3.19. The first-order chi connectivity index (χ1) is 15.1. The van der Waals surface area contributed by atoms with E-state index in [2.05, 4.69) is 26.1 Å². The van der Waals surface area contributed by atoms with E-state index < -0.39 is 0 Å². The number of aliphatic hydroxyl groups is 1. The molecule has 0 unspecified atom stereocenters. The molecule has 7 nitrogen and oxygen atoms in total. The summed E-state index contributed by atoms with van der Waals surface area (Å²) in [5.41, 5.74) is 3.03. The van der Waals surface area contributed by atoms with Crippen molar-refractivity contribution in [3.8, 4) is 45.6 Å². The Morgan fingerprint density at radius 2 is 1.61 bits per heavy atom.